The number of carbonyl (C=O) groups is 2. The third-order valence-electron chi connectivity index (χ3n) is 11.1. The zero-order chi connectivity index (χ0) is 50.7. The minimum atomic E-state index is -0.269. The van der Waals surface area contributed by atoms with Gasteiger partial charge in [0, 0.05) is 47.8 Å². The highest BCUT2D eigenvalue weighted by Gasteiger charge is 2.23. The van der Waals surface area contributed by atoms with E-state index >= 15 is 0 Å². The molecule has 0 aliphatic carbocycles. The van der Waals surface area contributed by atoms with Crippen LogP contribution in [0.4, 0.5) is 20.2 Å². The number of hydrogen-bond acceptors (Lipinski definition) is 8. The van der Waals surface area contributed by atoms with Gasteiger partial charge in [0.05, 0.1) is 27.4 Å². The number of carbonyl (C=O) groups excluding carboxylic acids is 2. The minimum Gasteiger partial charge on any atom is -0.497 e. The van der Waals surface area contributed by atoms with Gasteiger partial charge in [-0.1, -0.05) is 90.1 Å². The van der Waals surface area contributed by atoms with Crippen LogP contribution in [-0.4, -0.2) is 39.4 Å². The summed E-state index contributed by atoms with van der Waals surface area (Å²) in [6.07, 6.45) is 2.17. The number of ether oxygens (including phenoxy) is 4. The Morgan fingerprint density at radius 3 is 1.36 bits per heavy atom. The first-order valence-electron chi connectivity index (χ1n) is 23.3. The van der Waals surface area contributed by atoms with E-state index < -0.39 is 0 Å². The highest BCUT2D eigenvalue weighted by atomic mass is 35.5. The Balaban J connectivity index is 0.000000251. The third kappa shape index (κ3) is 17.3. The van der Waals surface area contributed by atoms with E-state index in [2.05, 4.69) is 65.1 Å². The predicted molar refractivity (Wildman–Crippen MR) is 278 cm³/mol. The van der Waals surface area contributed by atoms with E-state index in [9.17, 15) is 18.4 Å². The first-order valence-corrected chi connectivity index (χ1v) is 23.8. The van der Waals surface area contributed by atoms with Crippen LogP contribution in [0, 0.1) is 11.6 Å². The normalized spacial score (nSPS) is 11.0. The van der Waals surface area contributed by atoms with Gasteiger partial charge in [0.2, 0.25) is 0 Å². The zero-order valence-electron chi connectivity index (χ0n) is 41.9. The van der Waals surface area contributed by atoms with Crippen LogP contribution >= 0.6 is 11.6 Å². The highest BCUT2D eigenvalue weighted by molar-refractivity contribution is 6.17. The van der Waals surface area contributed by atoms with Gasteiger partial charge in [-0.2, -0.15) is 0 Å². The molecule has 0 atom stereocenters. The number of nitrogen functional groups attached to an aromatic ring is 1. The average molecular weight is 964 g/mol. The summed E-state index contributed by atoms with van der Waals surface area (Å²) in [5.74, 6) is 0.826. The molecule has 0 aromatic heterocycles. The maximum atomic E-state index is 14.8. The van der Waals surface area contributed by atoms with Gasteiger partial charge in [0.1, 0.15) is 23.1 Å². The third-order valence-corrected chi connectivity index (χ3v) is 11.5. The quantitative estimate of drug-likeness (QED) is 0.0561. The maximum absolute atomic E-state index is 14.8. The van der Waals surface area contributed by atoms with Crippen molar-refractivity contribution >= 4 is 34.9 Å². The number of rotatable bonds is 16. The number of aryl methyl sites for hydroxylation is 2. The van der Waals surface area contributed by atoms with Crippen molar-refractivity contribution in [1.29, 1.82) is 0 Å². The monoisotopic (exact) mass is 962 g/mol. The van der Waals surface area contributed by atoms with Gasteiger partial charge in [-0.3, -0.25) is 9.59 Å². The van der Waals surface area contributed by atoms with Crippen molar-refractivity contribution in [2.45, 2.75) is 104 Å². The molecule has 0 bridgehead atoms. The summed E-state index contributed by atoms with van der Waals surface area (Å²) in [5, 5.41) is 3.44. The van der Waals surface area contributed by atoms with Crippen LogP contribution in [0.5, 0.6) is 11.5 Å². The maximum Gasteiger partial charge on any atom is 0.306 e. The molecule has 6 aromatic rings. The molecule has 3 N–H and O–H groups in total. The van der Waals surface area contributed by atoms with Crippen molar-refractivity contribution in [3.05, 3.63) is 166 Å². The summed E-state index contributed by atoms with van der Waals surface area (Å²) < 4.78 is 49.5. The molecule has 0 aliphatic rings. The zero-order valence-corrected chi connectivity index (χ0v) is 42.6. The Morgan fingerprint density at radius 2 is 0.957 bits per heavy atom. The highest BCUT2D eigenvalue weighted by Crippen LogP contribution is 2.38. The van der Waals surface area contributed by atoms with Crippen LogP contribution in [0.3, 0.4) is 0 Å². The number of nitrogens with one attached hydrogen (secondary N) is 1. The number of hydrogen-bond donors (Lipinski definition) is 2. The van der Waals surface area contributed by atoms with Gasteiger partial charge in [-0.05, 0) is 155 Å². The van der Waals surface area contributed by atoms with Crippen LogP contribution in [0.25, 0.3) is 22.3 Å². The molecule has 0 unspecified atom stereocenters. The van der Waals surface area contributed by atoms with Crippen molar-refractivity contribution in [3.8, 4) is 33.8 Å². The number of anilines is 2. The van der Waals surface area contributed by atoms with Crippen LogP contribution in [0.1, 0.15) is 102 Å². The molecule has 0 fully saturated rings. The molecule has 0 radical (unpaired) electrons. The summed E-state index contributed by atoms with van der Waals surface area (Å²) in [4.78, 5) is 22.6. The number of alkyl halides is 1. The second-order valence-corrected chi connectivity index (χ2v) is 18.8. The average Bonchev–Trinajstić information content (AvgIpc) is 3.33. The molecule has 6 aromatic carbocycles. The minimum absolute atomic E-state index is 0.0876. The van der Waals surface area contributed by atoms with Gasteiger partial charge < -0.3 is 30.0 Å². The summed E-state index contributed by atoms with van der Waals surface area (Å²) in [7, 11) is 3.17. The van der Waals surface area contributed by atoms with Crippen LogP contribution < -0.4 is 20.5 Å². The molecule has 0 saturated heterocycles. The van der Waals surface area contributed by atoms with Crippen LogP contribution in [0.2, 0.25) is 0 Å². The molecule has 0 heterocycles. The molecule has 0 amide bonds. The van der Waals surface area contributed by atoms with Crippen molar-refractivity contribution in [1.82, 2.24) is 0 Å². The molecule has 0 spiro atoms. The first kappa shape index (κ1) is 55.2. The van der Waals surface area contributed by atoms with Crippen LogP contribution in [0.15, 0.2) is 121 Å². The molecule has 69 heavy (non-hydrogen) atoms. The van der Waals surface area contributed by atoms with Crippen molar-refractivity contribution in [3.63, 3.8) is 0 Å². The number of halogens is 3. The molecule has 11 heteroatoms. The Bertz CT molecular complexity index is 2590. The molecule has 0 saturated carbocycles. The summed E-state index contributed by atoms with van der Waals surface area (Å²) >= 11 is 5.93. The van der Waals surface area contributed by atoms with Gasteiger partial charge >= 0.3 is 11.9 Å². The number of nitrogens with two attached hydrogens (primary N) is 1. The van der Waals surface area contributed by atoms with Crippen molar-refractivity contribution in [2.24, 2.45) is 0 Å². The van der Waals surface area contributed by atoms with Gasteiger partial charge in [-0.15, -0.1) is 11.6 Å². The van der Waals surface area contributed by atoms with Crippen molar-refractivity contribution < 1.29 is 37.3 Å². The Kier molecular flexibility index (Phi) is 21.1. The Labute approximate surface area is 413 Å². The lowest BCUT2D eigenvalue weighted by molar-refractivity contribution is -0.144. The SMILES string of the molecule is CCOC(=O)CCc1ccc(N)cc1.CCOC(=O)CCc1ccc(NCc2ccc(C(C)(C)C)c(-c3cc(OC)ccc3F)c2)cc1.COc1ccc(F)c(-c2cc(CCl)ccc2C(C)(C)C)c1. The van der Waals surface area contributed by atoms with Gasteiger partial charge in [0.25, 0.3) is 0 Å². The summed E-state index contributed by atoms with van der Waals surface area (Å²) in [6, 6.07) is 37.4. The standard InChI is InChI=1S/C29H34FNO3.C18H20ClFO.C11H15NO2/c1-6-34-28(32)16-10-20-7-11-22(12-8-20)31-19-21-9-14-26(29(2,3)4)24(17-21)25-18-23(33-5)13-15-27(25)30;1-18(2,3)16-7-5-12(11-19)9-14(16)15-10-13(21-4)6-8-17(15)20;1-2-14-11(13)8-5-9-3-6-10(12)7-4-9/h7-9,11-15,17-18,31H,6,10,16,19H2,1-5H3;5-10H,11H2,1-4H3;3-4,6-7H,2,5,8,12H2,1H3. The van der Waals surface area contributed by atoms with E-state index in [1.165, 1.54) is 12.1 Å². The van der Waals surface area contributed by atoms with Gasteiger partial charge in [0.15, 0.2) is 0 Å². The lowest BCUT2D eigenvalue weighted by atomic mass is 9.81. The van der Waals surface area contributed by atoms with E-state index in [0.29, 0.717) is 73.9 Å². The number of methoxy groups -OCH3 is 2. The smallest absolute Gasteiger partial charge is 0.306 e. The first-order chi connectivity index (χ1) is 32.8. The van der Waals surface area contributed by atoms with E-state index in [4.69, 9.17) is 36.3 Å². The second-order valence-electron chi connectivity index (χ2n) is 18.5. The second kappa shape index (κ2) is 26.4. The van der Waals surface area contributed by atoms with E-state index in [-0.39, 0.29) is 34.4 Å². The molecular weight excluding hydrogens is 894 g/mol. The van der Waals surface area contributed by atoms with Gasteiger partial charge in [-0.25, -0.2) is 8.78 Å². The lowest BCUT2D eigenvalue weighted by Crippen LogP contribution is -2.14. The lowest BCUT2D eigenvalue weighted by Gasteiger charge is -2.24. The van der Waals surface area contributed by atoms with E-state index in [1.807, 2.05) is 73.7 Å². The summed E-state index contributed by atoms with van der Waals surface area (Å²) in [6.45, 7) is 17.8. The fourth-order valence-corrected chi connectivity index (χ4v) is 7.61. The molecule has 8 nitrogen and oxygen atoms in total. The Hall–Kier alpha value is -6.39. The Morgan fingerprint density at radius 1 is 0.551 bits per heavy atom. The molecule has 0 aliphatic heterocycles. The molecule has 368 valence electrons. The fourth-order valence-electron chi connectivity index (χ4n) is 7.44. The summed E-state index contributed by atoms with van der Waals surface area (Å²) in [5.41, 5.74) is 16.2. The molecular formula is C58H69ClF2N2O6. The van der Waals surface area contributed by atoms with Crippen LogP contribution in [-0.2, 0) is 55.2 Å². The predicted octanol–water partition coefficient (Wildman–Crippen LogP) is 14.2. The van der Waals surface area contributed by atoms with Crippen molar-refractivity contribution in [2.75, 3.05) is 38.5 Å². The van der Waals surface area contributed by atoms with E-state index in [0.717, 1.165) is 55.9 Å². The van der Waals surface area contributed by atoms with E-state index in [1.54, 1.807) is 45.4 Å². The number of benzene rings is 6. The largest absolute Gasteiger partial charge is 0.497 e. The topological polar surface area (TPSA) is 109 Å². The fraction of sp³-hybridized carbons (Fsp3) is 0.345. The number of esters is 2. The molecule has 6 rings (SSSR count).